The first-order valence-electron chi connectivity index (χ1n) is 7.06. The summed E-state index contributed by atoms with van der Waals surface area (Å²) in [7, 11) is 0. The van der Waals surface area contributed by atoms with Gasteiger partial charge in [-0.3, -0.25) is 4.79 Å². The van der Waals surface area contributed by atoms with E-state index in [1.807, 2.05) is 35.4 Å². The van der Waals surface area contributed by atoms with Crippen molar-refractivity contribution in [2.24, 2.45) is 0 Å². The van der Waals surface area contributed by atoms with Gasteiger partial charge in [-0.25, -0.2) is 0 Å². The highest BCUT2D eigenvalue weighted by molar-refractivity contribution is 5.88. The summed E-state index contributed by atoms with van der Waals surface area (Å²) in [4.78, 5) is 17.6. The van der Waals surface area contributed by atoms with Crippen LogP contribution >= 0.6 is 0 Å². The van der Waals surface area contributed by atoms with Crippen LogP contribution in [0.5, 0.6) is 0 Å². The number of hydrogen-bond donors (Lipinski definition) is 1. The third-order valence-electron chi connectivity index (χ3n) is 4.08. The molecule has 0 saturated carbocycles. The molecular formula is C16H15N3O2. The monoisotopic (exact) mass is 281 g/mol. The topological polar surface area (TPSA) is 62.1 Å². The number of benzene rings is 1. The minimum Gasteiger partial charge on any atom is -0.364 e. The number of aromatic amines is 1. The van der Waals surface area contributed by atoms with Gasteiger partial charge in [0.1, 0.15) is 6.26 Å². The Morgan fingerprint density at radius 1 is 1.38 bits per heavy atom. The van der Waals surface area contributed by atoms with Crippen LogP contribution in [-0.4, -0.2) is 27.5 Å². The van der Waals surface area contributed by atoms with E-state index < -0.39 is 0 Å². The molecule has 3 heterocycles. The highest BCUT2D eigenvalue weighted by Gasteiger charge is 2.23. The number of hydrogen-bond acceptors (Lipinski definition) is 3. The van der Waals surface area contributed by atoms with Gasteiger partial charge in [0, 0.05) is 35.6 Å². The van der Waals surface area contributed by atoms with Crippen LogP contribution in [-0.2, 0) is 24.2 Å². The first-order valence-corrected chi connectivity index (χ1v) is 7.06. The maximum absolute atomic E-state index is 12.5. The molecule has 21 heavy (non-hydrogen) atoms. The number of rotatable bonds is 2. The van der Waals surface area contributed by atoms with Crippen LogP contribution in [0.1, 0.15) is 16.8 Å². The van der Waals surface area contributed by atoms with Crippen molar-refractivity contribution in [1.29, 1.82) is 0 Å². The number of amides is 1. The van der Waals surface area contributed by atoms with E-state index in [9.17, 15) is 4.79 Å². The second-order valence-corrected chi connectivity index (χ2v) is 5.39. The summed E-state index contributed by atoms with van der Waals surface area (Å²) < 4.78 is 4.97. The molecule has 5 heteroatoms. The molecule has 1 N–H and O–H groups in total. The minimum atomic E-state index is 0.145. The van der Waals surface area contributed by atoms with Crippen molar-refractivity contribution in [3.05, 3.63) is 53.5 Å². The largest absolute Gasteiger partial charge is 0.364 e. The number of carbonyl (C=O) groups is 1. The maximum Gasteiger partial charge on any atom is 0.227 e. The Bertz CT molecular complexity index is 803. The SMILES string of the molecule is O=C(Cc1c[nH]c2ccccc12)N1CCc2nocc2C1. The molecule has 0 atom stereocenters. The molecular weight excluding hydrogens is 266 g/mol. The van der Waals surface area contributed by atoms with E-state index >= 15 is 0 Å². The lowest BCUT2D eigenvalue weighted by Gasteiger charge is -2.25. The number of carbonyl (C=O) groups excluding carboxylic acids is 1. The quantitative estimate of drug-likeness (QED) is 0.784. The van der Waals surface area contributed by atoms with E-state index in [1.54, 1.807) is 6.26 Å². The average molecular weight is 281 g/mol. The standard InChI is InChI=1S/C16H15N3O2/c20-16(19-6-5-14-12(9-19)10-21-18-14)7-11-8-17-15-4-2-1-3-13(11)15/h1-4,8,10,17H,5-7,9H2. The Kier molecular flexibility index (Phi) is 2.77. The summed E-state index contributed by atoms with van der Waals surface area (Å²) in [6.45, 7) is 1.31. The van der Waals surface area contributed by atoms with Gasteiger partial charge in [-0.1, -0.05) is 23.4 Å². The number of nitrogens with one attached hydrogen (secondary N) is 1. The van der Waals surface area contributed by atoms with Crippen LogP contribution in [0, 0.1) is 0 Å². The van der Waals surface area contributed by atoms with Gasteiger partial charge in [-0.2, -0.15) is 0 Å². The average Bonchev–Trinajstić information content (AvgIpc) is 3.13. The summed E-state index contributed by atoms with van der Waals surface area (Å²) in [5.74, 6) is 0.145. The van der Waals surface area contributed by atoms with E-state index in [2.05, 4.69) is 10.1 Å². The fourth-order valence-corrected chi connectivity index (χ4v) is 2.91. The lowest BCUT2D eigenvalue weighted by atomic mass is 10.1. The lowest BCUT2D eigenvalue weighted by Crippen LogP contribution is -2.36. The molecule has 0 fully saturated rings. The fourth-order valence-electron chi connectivity index (χ4n) is 2.91. The smallest absolute Gasteiger partial charge is 0.227 e. The molecule has 1 aliphatic heterocycles. The number of para-hydroxylation sites is 1. The van der Waals surface area contributed by atoms with Crippen molar-refractivity contribution < 1.29 is 9.32 Å². The first-order chi connectivity index (χ1) is 10.3. The Balaban J connectivity index is 1.54. The molecule has 1 amide bonds. The second-order valence-electron chi connectivity index (χ2n) is 5.39. The van der Waals surface area contributed by atoms with Crippen LogP contribution in [0.15, 0.2) is 41.2 Å². The number of nitrogens with zero attached hydrogens (tertiary/aromatic N) is 2. The summed E-state index contributed by atoms with van der Waals surface area (Å²) in [6.07, 6.45) is 4.76. The van der Waals surface area contributed by atoms with Gasteiger partial charge >= 0.3 is 0 Å². The van der Waals surface area contributed by atoms with Gasteiger partial charge in [-0.05, 0) is 11.6 Å². The van der Waals surface area contributed by atoms with Gasteiger partial charge < -0.3 is 14.4 Å². The molecule has 0 bridgehead atoms. The molecule has 3 aromatic rings. The highest BCUT2D eigenvalue weighted by atomic mass is 16.5. The molecule has 0 aliphatic carbocycles. The molecule has 0 spiro atoms. The van der Waals surface area contributed by atoms with Crippen molar-refractivity contribution in [2.75, 3.05) is 6.54 Å². The molecule has 1 aromatic carbocycles. The Morgan fingerprint density at radius 3 is 3.24 bits per heavy atom. The van der Waals surface area contributed by atoms with Crippen molar-refractivity contribution in [1.82, 2.24) is 15.0 Å². The summed E-state index contributed by atoms with van der Waals surface area (Å²) >= 11 is 0. The Labute approximate surface area is 121 Å². The number of fused-ring (bicyclic) bond motifs is 2. The highest BCUT2D eigenvalue weighted by Crippen LogP contribution is 2.21. The maximum atomic E-state index is 12.5. The van der Waals surface area contributed by atoms with Gasteiger partial charge in [-0.15, -0.1) is 0 Å². The molecule has 106 valence electrons. The van der Waals surface area contributed by atoms with Crippen LogP contribution in [0.25, 0.3) is 10.9 Å². The van der Waals surface area contributed by atoms with Gasteiger partial charge in [0.15, 0.2) is 0 Å². The number of aromatic nitrogens is 2. The van der Waals surface area contributed by atoms with Crippen LogP contribution < -0.4 is 0 Å². The lowest BCUT2D eigenvalue weighted by molar-refractivity contribution is -0.131. The third-order valence-corrected chi connectivity index (χ3v) is 4.08. The first kappa shape index (κ1) is 12.2. The second kappa shape index (κ2) is 4.77. The molecule has 0 saturated heterocycles. The van der Waals surface area contributed by atoms with Crippen molar-refractivity contribution in [3.63, 3.8) is 0 Å². The zero-order valence-electron chi connectivity index (χ0n) is 11.5. The fraction of sp³-hybridized carbons (Fsp3) is 0.250. The van der Waals surface area contributed by atoms with Crippen LogP contribution in [0.3, 0.4) is 0 Å². The van der Waals surface area contributed by atoms with Crippen molar-refractivity contribution in [2.45, 2.75) is 19.4 Å². The molecule has 5 nitrogen and oxygen atoms in total. The summed E-state index contributed by atoms with van der Waals surface area (Å²) in [5, 5.41) is 5.07. The summed E-state index contributed by atoms with van der Waals surface area (Å²) in [5.41, 5.74) is 4.12. The zero-order valence-corrected chi connectivity index (χ0v) is 11.5. The van der Waals surface area contributed by atoms with E-state index in [4.69, 9.17) is 4.52 Å². The van der Waals surface area contributed by atoms with Crippen molar-refractivity contribution in [3.8, 4) is 0 Å². The van der Waals surface area contributed by atoms with Gasteiger partial charge in [0.25, 0.3) is 0 Å². The van der Waals surface area contributed by atoms with E-state index in [1.165, 1.54) is 0 Å². The predicted molar refractivity (Wildman–Crippen MR) is 77.6 cm³/mol. The third kappa shape index (κ3) is 2.11. The van der Waals surface area contributed by atoms with Crippen LogP contribution in [0.2, 0.25) is 0 Å². The molecule has 2 aromatic heterocycles. The van der Waals surface area contributed by atoms with Gasteiger partial charge in [0.2, 0.25) is 5.91 Å². The van der Waals surface area contributed by atoms with Crippen LogP contribution in [0.4, 0.5) is 0 Å². The number of H-pyrrole nitrogens is 1. The Hall–Kier alpha value is -2.56. The van der Waals surface area contributed by atoms with Gasteiger partial charge in [0.05, 0.1) is 18.7 Å². The molecule has 0 radical (unpaired) electrons. The zero-order chi connectivity index (χ0) is 14.2. The van der Waals surface area contributed by atoms with Crippen molar-refractivity contribution >= 4 is 16.8 Å². The minimum absolute atomic E-state index is 0.145. The molecule has 1 aliphatic rings. The predicted octanol–water partition coefficient (Wildman–Crippen LogP) is 2.28. The normalized spacial score (nSPS) is 14.4. The Morgan fingerprint density at radius 2 is 2.29 bits per heavy atom. The molecule has 0 unspecified atom stereocenters. The summed E-state index contributed by atoms with van der Waals surface area (Å²) in [6, 6.07) is 8.05. The van der Waals surface area contributed by atoms with E-state index in [0.29, 0.717) is 19.5 Å². The molecule has 4 rings (SSSR count). The van der Waals surface area contributed by atoms with E-state index in [0.717, 1.165) is 34.1 Å². The van der Waals surface area contributed by atoms with E-state index in [-0.39, 0.29) is 5.91 Å².